The maximum absolute atomic E-state index is 13.2. The van der Waals surface area contributed by atoms with Crippen LogP contribution in [0.15, 0.2) is 42.5 Å². The summed E-state index contributed by atoms with van der Waals surface area (Å²) in [5.74, 6) is 1.03. The molecule has 10 heteroatoms. The number of piperidine rings is 1. The second kappa shape index (κ2) is 9.79. The molecule has 2 aromatic rings. The fourth-order valence-corrected chi connectivity index (χ4v) is 5.13. The van der Waals surface area contributed by atoms with Crippen LogP contribution in [0, 0.1) is 11.3 Å². The third-order valence-corrected chi connectivity index (χ3v) is 7.21. The van der Waals surface area contributed by atoms with Gasteiger partial charge in [0.25, 0.3) is 11.8 Å². The van der Waals surface area contributed by atoms with Crippen LogP contribution < -0.4 is 14.2 Å². The van der Waals surface area contributed by atoms with Gasteiger partial charge in [-0.25, -0.2) is 0 Å². The Bertz CT molecular complexity index is 1160. The lowest BCUT2D eigenvalue weighted by Gasteiger charge is -2.54. The predicted octanol–water partition coefficient (Wildman–Crippen LogP) is 4.76. The molecule has 0 radical (unpaired) electrons. The molecule has 0 bridgehead atoms. The maximum Gasteiger partial charge on any atom is 0.573 e. The largest absolute Gasteiger partial charge is 0.573 e. The molecule has 37 heavy (non-hydrogen) atoms. The van der Waals surface area contributed by atoms with Crippen molar-refractivity contribution in [3.8, 4) is 17.2 Å². The molecule has 2 amide bonds. The standard InChI is InChI=1S/C27H29F3N2O5/c1-35-22-10-7-20(13-23(22)36-14-18-3-4-18)25(34)32-16-26(17-32)11-2-12-31(15-26)24(33)19-5-8-21(9-6-19)37-27(28,29)30/h5-10,13,18H,2-4,11-12,14-17H2,1H3. The fraction of sp³-hybridized carbons (Fsp3) is 0.481. The van der Waals surface area contributed by atoms with Gasteiger partial charge >= 0.3 is 6.36 Å². The van der Waals surface area contributed by atoms with Crippen molar-refractivity contribution in [2.24, 2.45) is 11.3 Å². The summed E-state index contributed by atoms with van der Waals surface area (Å²) in [4.78, 5) is 29.7. The van der Waals surface area contributed by atoms with E-state index in [0.717, 1.165) is 37.8 Å². The SMILES string of the molecule is COc1ccc(C(=O)N2CC3(CCCN(C(=O)c4ccc(OC(F)(F)F)cc4)C3)C2)cc1OCC1CC1. The van der Waals surface area contributed by atoms with Crippen molar-refractivity contribution in [1.29, 1.82) is 0 Å². The number of amides is 2. The molecule has 198 valence electrons. The van der Waals surface area contributed by atoms with Crippen LogP contribution in [0.1, 0.15) is 46.4 Å². The first kappa shape index (κ1) is 25.2. The van der Waals surface area contributed by atoms with Gasteiger partial charge in [-0.15, -0.1) is 13.2 Å². The number of halogens is 3. The van der Waals surface area contributed by atoms with Gasteiger partial charge in [-0.2, -0.15) is 0 Å². The first-order valence-electron chi connectivity index (χ1n) is 12.4. The molecule has 0 atom stereocenters. The zero-order valence-corrected chi connectivity index (χ0v) is 20.6. The van der Waals surface area contributed by atoms with Crippen molar-refractivity contribution in [3.05, 3.63) is 53.6 Å². The number of hydrogen-bond acceptors (Lipinski definition) is 5. The highest BCUT2D eigenvalue weighted by molar-refractivity contribution is 5.96. The van der Waals surface area contributed by atoms with E-state index in [4.69, 9.17) is 9.47 Å². The molecule has 1 spiro atoms. The Morgan fingerprint density at radius 2 is 1.59 bits per heavy atom. The molecule has 3 fully saturated rings. The summed E-state index contributed by atoms with van der Waals surface area (Å²) in [6.45, 7) is 2.75. The van der Waals surface area contributed by atoms with Gasteiger partial charge in [0.15, 0.2) is 11.5 Å². The van der Waals surface area contributed by atoms with Crippen LogP contribution in [0.5, 0.6) is 17.2 Å². The van der Waals surface area contributed by atoms with Crippen LogP contribution >= 0.6 is 0 Å². The van der Waals surface area contributed by atoms with Crippen molar-refractivity contribution in [2.75, 3.05) is 39.9 Å². The molecule has 5 rings (SSSR count). The fourth-order valence-electron chi connectivity index (χ4n) is 5.13. The number of carbonyl (C=O) groups is 2. The summed E-state index contributed by atoms with van der Waals surface area (Å²) in [5.41, 5.74) is 0.655. The third-order valence-electron chi connectivity index (χ3n) is 7.21. The number of hydrogen-bond donors (Lipinski definition) is 0. The van der Waals surface area contributed by atoms with Crippen LogP contribution in [-0.2, 0) is 0 Å². The molecule has 3 aliphatic rings. The van der Waals surface area contributed by atoms with E-state index in [1.165, 1.54) is 12.1 Å². The molecule has 2 heterocycles. The summed E-state index contributed by atoms with van der Waals surface area (Å²) in [5, 5.41) is 0. The second-order valence-electron chi connectivity index (χ2n) is 10.2. The molecule has 2 saturated heterocycles. The van der Waals surface area contributed by atoms with Gasteiger partial charge in [-0.05, 0) is 74.1 Å². The van der Waals surface area contributed by atoms with E-state index >= 15 is 0 Å². The normalized spacial score (nSPS) is 18.8. The van der Waals surface area contributed by atoms with Crippen LogP contribution in [0.2, 0.25) is 0 Å². The van der Waals surface area contributed by atoms with E-state index in [9.17, 15) is 22.8 Å². The Hall–Kier alpha value is -3.43. The zero-order valence-electron chi connectivity index (χ0n) is 20.6. The predicted molar refractivity (Wildman–Crippen MR) is 128 cm³/mol. The Morgan fingerprint density at radius 1 is 0.946 bits per heavy atom. The van der Waals surface area contributed by atoms with Gasteiger partial charge < -0.3 is 24.0 Å². The average molecular weight is 519 g/mol. The molecular formula is C27H29F3N2O5. The van der Waals surface area contributed by atoms with Crippen molar-refractivity contribution >= 4 is 11.8 Å². The highest BCUT2D eigenvalue weighted by atomic mass is 19.4. The van der Waals surface area contributed by atoms with Gasteiger partial charge in [0.05, 0.1) is 13.7 Å². The molecule has 2 aromatic carbocycles. The average Bonchev–Trinajstić information content (AvgIpc) is 3.69. The van der Waals surface area contributed by atoms with E-state index in [0.29, 0.717) is 61.3 Å². The van der Waals surface area contributed by atoms with Crippen LogP contribution in [0.25, 0.3) is 0 Å². The molecule has 0 unspecified atom stereocenters. The lowest BCUT2D eigenvalue weighted by Crippen LogP contribution is -2.64. The Kier molecular flexibility index (Phi) is 6.68. The number of likely N-dealkylation sites (tertiary alicyclic amines) is 2. The first-order valence-corrected chi connectivity index (χ1v) is 12.4. The van der Waals surface area contributed by atoms with Crippen molar-refractivity contribution in [1.82, 2.24) is 9.80 Å². The lowest BCUT2D eigenvalue weighted by atomic mass is 9.73. The number of carbonyl (C=O) groups excluding carboxylic acids is 2. The van der Waals surface area contributed by atoms with Gasteiger partial charge in [0.1, 0.15) is 5.75 Å². The number of nitrogens with zero attached hydrogens (tertiary/aromatic N) is 2. The van der Waals surface area contributed by atoms with E-state index in [2.05, 4.69) is 4.74 Å². The van der Waals surface area contributed by atoms with E-state index in [-0.39, 0.29) is 23.0 Å². The highest BCUT2D eigenvalue weighted by Crippen LogP contribution is 2.41. The topological polar surface area (TPSA) is 68.3 Å². The second-order valence-corrected chi connectivity index (χ2v) is 10.2. The molecule has 7 nitrogen and oxygen atoms in total. The highest BCUT2D eigenvalue weighted by Gasteiger charge is 2.48. The Labute approximate surface area is 213 Å². The Balaban J connectivity index is 1.19. The first-order chi connectivity index (χ1) is 17.6. The van der Waals surface area contributed by atoms with Crippen LogP contribution in [0.4, 0.5) is 13.2 Å². The van der Waals surface area contributed by atoms with E-state index < -0.39 is 6.36 Å². The smallest absolute Gasteiger partial charge is 0.493 e. The van der Waals surface area contributed by atoms with Crippen LogP contribution in [0.3, 0.4) is 0 Å². The molecular weight excluding hydrogens is 489 g/mol. The monoisotopic (exact) mass is 518 g/mol. The summed E-state index contributed by atoms with van der Waals surface area (Å²) < 4.78 is 52.4. The molecule has 1 saturated carbocycles. The molecule has 0 N–H and O–H groups in total. The number of ether oxygens (including phenoxy) is 3. The van der Waals surface area contributed by atoms with Crippen molar-refractivity contribution in [2.45, 2.75) is 32.0 Å². The van der Waals surface area contributed by atoms with Crippen molar-refractivity contribution < 1.29 is 37.0 Å². The van der Waals surface area contributed by atoms with Gasteiger partial charge in [-0.1, -0.05) is 0 Å². The lowest BCUT2D eigenvalue weighted by molar-refractivity contribution is -0.274. The number of alkyl halides is 3. The summed E-state index contributed by atoms with van der Waals surface area (Å²) in [6, 6.07) is 10.2. The number of benzene rings is 2. The summed E-state index contributed by atoms with van der Waals surface area (Å²) in [7, 11) is 1.57. The minimum absolute atomic E-state index is 0.0896. The molecule has 0 aromatic heterocycles. The van der Waals surface area contributed by atoms with Gasteiger partial charge in [0, 0.05) is 42.7 Å². The van der Waals surface area contributed by atoms with Crippen molar-refractivity contribution in [3.63, 3.8) is 0 Å². The summed E-state index contributed by atoms with van der Waals surface area (Å²) >= 11 is 0. The van der Waals surface area contributed by atoms with Gasteiger partial charge in [0.2, 0.25) is 0 Å². The minimum Gasteiger partial charge on any atom is -0.493 e. The molecule has 1 aliphatic carbocycles. The zero-order chi connectivity index (χ0) is 26.2. The van der Waals surface area contributed by atoms with E-state index in [1.807, 2.05) is 0 Å². The number of methoxy groups -OCH3 is 1. The van der Waals surface area contributed by atoms with E-state index in [1.54, 1.807) is 35.1 Å². The van der Waals surface area contributed by atoms with Crippen LogP contribution in [-0.4, -0.2) is 67.9 Å². The maximum atomic E-state index is 13.2. The van der Waals surface area contributed by atoms with Gasteiger partial charge in [-0.3, -0.25) is 9.59 Å². The Morgan fingerprint density at radius 3 is 2.24 bits per heavy atom. The minimum atomic E-state index is -4.78. The quantitative estimate of drug-likeness (QED) is 0.529. The molecule has 2 aliphatic heterocycles. The number of rotatable bonds is 7. The third kappa shape index (κ3) is 5.78. The summed E-state index contributed by atoms with van der Waals surface area (Å²) in [6.07, 6.45) is -0.764.